The molecule has 1 atom stereocenters. The standard InChI is InChI=1S/C11H12FN3S3/c1-16-10-14-15-11(18-10)17-6-9(13)7-3-2-4-8(12)5-7/h2-5,9H,6,13H2,1H3. The first kappa shape index (κ1) is 13.8. The summed E-state index contributed by atoms with van der Waals surface area (Å²) in [5.41, 5.74) is 6.82. The van der Waals surface area contributed by atoms with E-state index < -0.39 is 0 Å². The average molecular weight is 301 g/mol. The number of halogens is 1. The molecule has 0 spiro atoms. The van der Waals surface area contributed by atoms with Crippen molar-refractivity contribution in [2.24, 2.45) is 5.73 Å². The summed E-state index contributed by atoms with van der Waals surface area (Å²) in [6, 6.07) is 6.19. The Kier molecular flexibility index (Phi) is 4.99. The van der Waals surface area contributed by atoms with Gasteiger partial charge in [0.1, 0.15) is 5.82 Å². The molecule has 3 nitrogen and oxygen atoms in total. The van der Waals surface area contributed by atoms with Crippen LogP contribution in [0.5, 0.6) is 0 Å². The van der Waals surface area contributed by atoms with Crippen LogP contribution in [0.2, 0.25) is 0 Å². The van der Waals surface area contributed by atoms with Gasteiger partial charge >= 0.3 is 0 Å². The zero-order valence-electron chi connectivity index (χ0n) is 9.67. The first-order valence-corrected chi connectivity index (χ1v) is 8.23. The SMILES string of the molecule is CSc1nnc(SCC(N)c2cccc(F)c2)s1. The van der Waals surface area contributed by atoms with Gasteiger partial charge in [0, 0.05) is 11.8 Å². The average Bonchev–Trinajstić information content (AvgIpc) is 2.84. The number of benzene rings is 1. The predicted octanol–water partition coefficient (Wildman–Crippen LogP) is 3.19. The molecule has 0 amide bonds. The van der Waals surface area contributed by atoms with Gasteiger partial charge in [0.05, 0.1) is 0 Å². The van der Waals surface area contributed by atoms with Crippen LogP contribution in [0.1, 0.15) is 11.6 Å². The Morgan fingerprint density at radius 1 is 1.39 bits per heavy atom. The quantitative estimate of drug-likeness (QED) is 0.860. The molecule has 18 heavy (non-hydrogen) atoms. The van der Waals surface area contributed by atoms with Gasteiger partial charge in [-0.1, -0.05) is 47.0 Å². The molecule has 0 radical (unpaired) electrons. The van der Waals surface area contributed by atoms with Crippen LogP contribution < -0.4 is 5.73 Å². The van der Waals surface area contributed by atoms with Crippen molar-refractivity contribution in [2.45, 2.75) is 14.7 Å². The molecule has 0 fully saturated rings. The second-order valence-corrected chi connectivity index (χ2v) is 6.81. The van der Waals surface area contributed by atoms with Crippen LogP contribution >= 0.6 is 34.9 Å². The van der Waals surface area contributed by atoms with E-state index in [9.17, 15) is 4.39 Å². The normalized spacial score (nSPS) is 12.6. The maximum atomic E-state index is 13.1. The zero-order chi connectivity index (χ0) is 13.0. The number of nitrogens with zero attached hydrogens (tertiary/aromatic N) is 2. The van der Waals surface area contributed by atoms with Gasteiger partial charge in [-0.2, -0.15) is 0 Å². The minimum Gasteiger partial charge on any atom is -0.323 e. The van der Waals surface area contributed by atoms with Crippen molar-refractivity contribution < 1.29 is 4.39 Å². The van der Waals surface area contributed by atoms with Gasteiger partial charge in [-0.3, -0.25) is 0 Å². The summed E-state index contributed by atoms with van der Waals surface area (Å²) in [7, 11) is 0. The Morgan fingerprint density at radius 3 is 2.83 bits per heavy atom. The van der Waals surface area contributed by atoms with E-state index >= 15 is 0 Å². The summed E-state index contributed by atoms with van der Waals surface area (Å²) < 4.78 is 14.9. The lowest BCUT2D eigenvalue weighted by molar-refractivity contribution is 0.622. The summed E-state index contributed by atoms with van der Waals surface area (Å²) in [5, 5.41) is 8.06. The number of hydrogen-bond acceptors (Lipinski definition) is 6. The first-order chi connectivity index (χ1) is 8.69. The lowest BCUT2D eigenvalue weighted by atomic mass is 10.1. The van der Waals surface area contributed by atoms with E-state index in [1.807, 2.05) is 12.3 Å². The van der Waals surface area contributed by atoms with Gasteiger partial charge < -0.3 is 5.73 Å². The number of hydrogen-bond donors (Lipinski definition) is 1. The van der Waals surface area contributed by atoms with Gasteiger partial charge in [-0.25, -0.2) is 4.39 Å². The van der Waals surface area contributed by atoms with E-state index in [1.54, 1.807) is 40.9 Å². The first-order valence-electron chi connectivity index (χ1n) is 5.20. The Labute approximate surface area is 117 Å². The van der Waals surface area contributed by atoms with Crippen molar-refractivity contribution >= 4 is 34.9 Å². The molecular weight excluding hydrogens is 289 g/mol. The highest BCUT2D eigenvalue weighted by Crippen LogP contribution is 2.29. The molecule has 1 unspecified atom stereocenters. The second-order valence-electron chi connectivity index (χ2n) is 3.51. The second kappa shape index (κ2) is 6.51. The highest BCUT2D eigenvalue weighted by Gasteiger charge is 2.10. The summed E-state index contributed by atoms with van der Waals surface area (Å²) in [6.45, 7) is 0. The van der Waals surface area contributed by atoms with Gasteiger partial charge in [-0.05, 0) is 24.0 Å². The molecule has 7 heteroatoms. The fraction of sp³-hybridized carbons (Fsp3) is 0.273. The van der Waals surface area contributed by atoms with E-state index in [2.05, 4.69) is 10.2 Å². The molecule has 0 aliphatic carbocycles. The van der Waals surface area contributed by atoms with E-state index in [0.717, 1.165) is 14.2 Å². The Morgan fingerprint density at radius 2 is 2.17 bits per heavy atom. The van der Waals surface area contributed by atoms with Crippen molar-refractivity contribution in [3.63, 3.8) is 0 Å². The Hall–Kier alpha value is -0.630. The minimum absolute atomic E-state index is 0.202. The Balaban J connectivity index is 1.93. The van der Waals surface area contributed by atoms with Gasteiger partial charge in [0.2, 0.25) is 0 Å². The van der Waals surface area contributed by atoms with Crippen molar-refractivity contribution in [1.82, 2.24) is 10.2 Å². The monoisotopic (exact) mass is 301 g/mol. The highest BCUT2D eigenvalue weighted by molar-refractivity contribution is 8.02. The number of aromatic nitrogens is 2. The van der Waals surface area contributed by atoms with Crippen LogP contribution in [-0.4, -0.2) is 22.2 Å². The van der Waals surface area contributed by atoms with Crippen molar-refractivity contribution in [3.8, 4) is 0 Å². The molecule has 0 bridgehead atoms. The summed E-state index contributed by atoms with van der Waals surface area (Å²) in [6.07, 6.45) is 1.97. The Bertz CT molecular complexity index is 518. The molecule has 1 aromatic carbocycles. The molecule has 2 N–H and O–H groups in total. The predicted molar refractivity (Wildman–Crippen MR) is 75.7 cm³/mol. The van der Waals surface area contributed by atoms with Crippen LogP contribution in [0.25, 0.3) is 0 Å². The highest BCUT2D eigenvalue weighted by atomic mass is 32.2. The molecule has 2 aromatic rings. The van der Waals surface area contributed by atoms with E-state index in [0.29, 0.717) is 5.75 Å². The van der Waals surface area contributed by atoms with Crippen molar-refractivity contribution in [3.05, 3.63) is 35.6 Å². The summed E-state index contributed by atoms with van der Waals surface area (Å²) in [4.78, 5) is 0. The topological polar surface area (TPSA) is 51.8 Å². The lowest BCUT2D eigenvalue weighted by Gasteiger charge is -2.10. The van der Waals surface area contributed by atoms with Crippen LogP contribution in [0.4, 0.5) is 4.39 Å². The van der Waals surface area contributed by atoms with Gasteiger partial charge in [0.25, 0.3) is 0 Å². The molecular formula is C11H12FN3S3. The molecule has 1 aromatic heterocycles. The molecule has 1 heterocycles. The fourth-order valence-electron chi connectivity index (χ4n) is 1.33. The van der Waals surface area contributed by atoms with Crippen molar-refractivity contribution in [2.75, 3.05) is 12.0 Å². The third-order valence-electron chi connectivity index (χ3n) is 2.23. The molecule has 0 saturated heterocycles. The van der Waals surface area contributed by atoms with E-state index in [1.165, 1.54) is 12.1 Å². The molecule has 96 valence electrons. The lowest BCUT2D eigenvalue weighted by Crippen LogP contribution is -2.13. The van der Waals surface area contributed by atoms with Crippen LogP contribution in [0.3, 0.4) is 0 Å². The molecule has 0 aliphatic rings. The maximum absolute atomic E-state index is 13.1. The van der Waals surface area contributed by atoms with Crippen LogP contribution in [0.15, 0.2) is 32.9 Å². The molecule has 0 aliphatic heterocycles. The van der Waals surface area contributed by atoms with Crippen LogP contribution in [-0.2, 0) is 0 Å². The number of rotatable bonds is 5. The van der Waals surface area contributed by atoms with Gasteiger partial charge in [-0.15, -0.1) is 10.2 Å². The summed E-state index contributed by atoms with van der Waals surface area (Å²) in [5.74, 6) is 0.403. The number of thioether (sulfide) groups is 2. The summed E-state index contributed by atoms with van der Waals surface area (Å²) >= 11 is 4.67. The third-order valence-corrected chi connectivity index (χ3v) is 5.38. The van der Waals surface area contributed by atoms with E-state index in [4.69, 9.17) is 5.73 Å². The molecule has 0 saturated carbocycles. The number of nitrogens with two attached hydrogens (primary N) is 1. The molecule has 2 rings (SSSR count). The van der Waals surface area contributed by atoms with E-state index in [-0.39, 0.29) is 11.9 Å². The largest absolute Gasteiger partial charge is 0.323 e. The maximum Gasteiger partial charge on any atom is 0.175 e. The smallest absolute Gasteiger partial charge is 0.175 e. The third kappa shape index (κ3) is 3.68. The van der Waals surface area contributed by atoms with Gasteiger partial charge in [0.15, 0.2) is 8.68 Å². The van der Waals surface area contributed by atoms with Crippen LogP contribution in [0, 0.1) is 5.82 Å². The minimum atomic E-state index is -0.256. The zero-order valence-corrected chi connectivity index (χ0v) is 12.1. The van der Waals surface area contributed by atoms with Crippen molar-refractivity contribution in [1.29, 1.82) is 0 Å². The fourth-order valence-corrected chi connectivity index (χ4v) is 3.79.